The number of nitrogens with zero attached hydrogens (tertiary/aromatic N) is 5. The summed E-state index contributed by atoms with van der Waals surface area (Å²) in [6.07, 6.45) is 0. The van der Waals surface area contributed by atoms with Gasteiger partial charge in [0.15, 0.2) is 0 Å². The van der Waals surface area contributed by atoms with Crippen molar-refractivity contribution in [3.63, 3.8) is 0 Å². The summed E-state index contributed by atoms with van der Waals surface area (Å²) in [5.41, 5.74) is 6.88. The molecule has 84 valence electrons. The third-order valence-electron chi connectivity index (χ3n) is 2.01. The van der Waals surface area contributed by atoms with Gasteiger partial charge in [0.1, 0.15) is 0 Å². The number of nitrogens with two attached hydrogens (primary N) is 1. The molecule has 0 aliphatic rings. The van der Waals surface area contributed by atoms with Crippen LogP contribution >= 0.6 is 23.2 Å². The third kappa shape index (κ3) is 1.81. The Kier molecular flexibility index (Phi) is 2.69. The summed E-state index contributed by atoms with van der Waals surface area (Å²) in [5.74, 6) is 0.295. The van der Waals surface area contributed by atoms with Gasteiger partial charge in [-0.05, 0) is 25.4 Å². The predicted molar refractivity (Wildman–Crippen MR) is 60.9 cm³/mol. The molecule has 8 heteroatoms. The van der Waals surface area contributed by atoms with E-state index in [-0.39, 0.29) is 17.2 Å². The minimum absolute atomic E-state index is 0.0196. The fourth-order valence-electron chi connectivity index (χ4n) is 1.27. The zero-order valence-electron chi connectivity index (χ0n) is 8.57. The van der Waals surface area contributed by atoms with Crippen LogP contribution in [0.25, 0.3) is 5.95 Å². The minimum Gasteiger partial charge on any atom is -0.368 e. The number of rotatable bonds is 1. The number of anilines is 1. The first-order valence-corrected chi connectivity index (χ1v) is 5.14. The number of hydrogen-bond donors (Lipinski definition) is 1. The average molecular weight is 259 g/mol. The summed E-state index contributed by atoms with van der Waals surface area (Å²) in [5, 5.41) is 4.76. The summed E-state index contributed by atoms with van der Waals surface area (Å²) in [6.45, 7) is 3.59. The second-order valence-electron chi connectivity index (χ2n) is 3.16. The van der Waals surface area contributed by atoms with Crippen molar-refractivity contribution in [3.8, 4) is 5.95 Å². The van der Waals surface area contributed by atoms with E-state index >= 15 is 0 Å². The highest BCUT2D eigenvalue weighted by Gasteiger charge is 2.13. The number of hydrogen-bond acceptors (Lipinski definition) is 5. The largest absolute Gasteiger partial charge is 0.368 e. The molecule has 2 aromatic rings. The van der Waals surface area contributed by atoms with E-state index in [4.69, 9.17) is 28.9 Å². The highest BCUT2D eigenvalue weighted by molar-refractivity contribution is 6.31. The molecule has 0 atom stereocenters. The highest BCUT2D eigenvalue weighted by atomic mass is 35.5. The van der Waals surface area contributed by atoms with Crippen LogP contribution in [0, 0.1) is 13.8 Å². The molecule has 0 fully saturated rings. The van der Waals surface area contributed by atoms with Crippen LogP contribution in [0.4, 0.5) is 5.95 Å². The second-order valence-corrected chi connectivity index (χ2v) is 3.88. The molecule has 0 radical (unpaired) electrons. The van der Waals surface area contributed by atoms with Gasteiger partial charge < -0.3 is 5.73 Å². The van der Waals surface area contributed by atoms with Crippen LogP contribution in [0.2, 0.25) is 10.3 Å². The Balaban J connectivity index is 2.62. The maximum Gasteiger partial charge on any atom is 0.256 e. The van der Waals surface area contributed by atoms with Crippen LogP contribution in [0.15, 0.2) is 0 Å². The monoisotopic (exact) mass is 258 g/mol. The SMILES string of the molecule is Cc1nn(-c2nc(N)nc(Cl)n2)c(C)c1Cl. The first kappa shape index (κ1) is 11.1. The maximum atomic E-state index is 6.01. The fraction of sp³-hybridized carbons (Fsp3) is 0.250. The Hall–Kier alpha value is -1.40. The Morgan fingerprint density at radius 2 is 1.81 bits per heavy atom. The molecule has 0 aromatic carbocycles. The van der Waals surface area contributed by atoms with E-state index in [1.807, 2.05) is 0 Å². The molecule has 16 heavy (non-hydrogen) atoms. The Labute approximate surface area is 101 Å². The van der Waals surface area contributed by atoms with Crippen molar-refractivity contribution in [3.05, 3.63) is 21.7 Å². The maximum absolute atomic E-state index is 6.01. The fourth-order valence-corrected chi connectivity index (χ4v) is 1.55. The minimum atomic E-state index is 0.0196. The summed E-state index contributed by atoms with van der Waals surface area (Å²) >= 11 is 11.7. The number of aryl methyl sites for hydroxylation is 1. The second kappa shape index (κ2) is 3.88. The van der Waals surface area contributed by atoms with Crippen molar-refractivity contribution >= 4 is 29.2 Å². The average Bonchev–Trinajstić information content (AvgIpc) is 2.44. The van der Waals surface area contributed by atoms with E-state index in [1.165, 1.54) is 4.68 Å². The quantitative estimate of drug-likeness (QED) is 0.840. The third-order valence-corrected chi connectivity index (χ3v) is 2.72. The summed E-state index contributed by atoms with van der Waals surface area (Å²) < 4.78 is 1.47. The van der Waals surface area contributed by atoms with Crippen molar-refractivity contribution in [2.45, 2.75) is 13.8 Å². The van der Waals surface area contributed by atoms with Gasteiger partial charge in [-0.1, -0.05) is 11.6 Å². The van der Waals surface area contributed by atoms with E-state index in [0.717, 1.165) is 5.69 Å². The van der Waals surface area contributed by atoms with Crippen molar-refractivity contribution < 1.29 is 0 Å². The number of aromatic nitrogens is 5. The van der Waals surface area contributed by atoms with Crippen molar-refractivity contribution in [1.29, 1.82) is 0 Å². The molecular formula is C8H8Cl2N6. The van der Waals surface area contributed by atoms with Crippen LogP contribution in [0.5, 0.6) is 0 Å². The molecule has 6 nitrogen and oxygen atoms in total. The lowest BCUT2D eigenvalue weighted by molar-refractivity contribution is 0.767. The van der Waals surface area contributed by atoms with E-state index in [0.29, 0.717) is 10.7 Å². The standard InChI is InChI=1S/C8H8Cl2N6/c1-3-5(9)4(2)16(15-3)8-13-6(10)12-7(11)14-8/h1-2H3,(H2,11,12,13,14). The van der Waals surface area contributed by atoms with Crippen LogP contribution in [-0.2, 0) is 0 Å². The van der Waals surface area contributed by atoms with Gasteiger partial charge in [0.2, 0.25) is 11.2 Å². The lowest BCUT2D eigenvalue weighted by atomic mass is 10.4. The Morgan fingerprint density at radius 3 is 2.31 bits per heavy atom. The number of nitrogen functional groups attached to an aromatic ring is 1. The first-order valence-electron chi connectivity index (χ1n) is 4.38. The Morgan fingerprint density at radius 1 is 1.12 bits per heavy atom. The molecule has 2 aromatic heterocycles. The molecule has 2 rings (SSSR count). The van der Waals surface area contributed by atoms with Gasteiger partial charge in [-0.2, -0.15) is 20.1 Å². The van der Waals surface area contributed by atoms with Crippen molar-refractivity contribution in [1.82, 2.24) is 24.7 Å². The van der Waals surface area contributed by atoms with E-state index in [1.54, 1.807) is 13.8 Å². The molecule has 0 spiro atoms. The summed E-state index contributed by atoms with van der Waals surface area (Å²) in [4.78, 5) is 11.5. The van der Waals surface area contributed by atoms with Gasteiger partial charge in [0, 0.05) is 0 Å². The van der Waals surface area contributed by atoms with Gasteiger partial charge >= 0.3 is 0 Å². The smallest absolute Gasteiger partial charge is 0.256 e. The van der Waals surface area contributed by atoms with Gasteiger partial charge in [0.05, 0.1) is 16.4 Å². The molecule has 0 aliphatic carbocycles. The summed E-state index contributed by atoms with van der Waals surface area (Å²) in [6, 6.07) is 0. The predicted octanol–water partition coefficient (Wildman–Crippen LogP) is 1.56. The van der Waals surface area contributed by atoms with Crippen LogP contribution < -0.4 is 5.73 Å². The Bertz CT molecular complexity index is 529. The van der Waals surface area contributed by atoms with Crippen LogP contribution in [0.3, 0.4) is 0 Å². The van der Waals surface area contributed by atoms with Gasteiger partial charge in [-0.3, -0.25) is 0 Å². The van der Waals surface area contributed by atoms with E-state index in [2.05, 4.69) is 20.1 Å². The molecule has 0 saturated heterocycles. The van der Waals surface area contributed by atoms with Crippen molar-refractivity contribution in [2.75, 3.05) is 5.73 Å². The van der Waals surface area contributed by atoms with Gasteiger partial charge in [-0.25, -0.2) is 4.68 Å². The zero-order chi connectivity index (χ0) is 11.9. The molecule has 0 amide bonds. The normalized spacial score (nSPS) is 10.8. The molecule has 0 unspecified atom stereocenters. The lowest BCUT2D eigenvalue weighted by Gasteiger charge is -2.02. The molecule has 0 aliphatic heterocycles. The lowest BCUT2D eigenvalue weighted by Crippen LogP contribution is -2.08. The van der Waals surface area contributed by atoms with Gasteiger partial charge in [-0.15, -0.1) is 0 Å². The number of halogens is 2. The van der Waals surface area contributed by atoms with E-state index in [9.17, 15) is 0 Å². The molecule has 0 saturated carbocycles. The zero-order valence-corrected chi connectivity index (χ0v) is 10.1. The van der Waals surface area contributed by atoms with Crippen LogP contribution in [0.1, 0.15) is 11.4 Å². The van der Waals surface area contributed by atoms with Crippen molar-refractivity contribution in [2.24, 2.45) is 0 Å². The topological polar surface area (TPSA) is 82.5 Å². The van der Waals surface area contributed by atoms with Crippen LogP contribution in [-0.4, -0.2) is 24.7 Å². The highest BCUT2D eigenvalue weighted by Crippen LogP contribution is 2.21. The molecule has 0 bridgehead atoms. The summed E-state index contributed by atoms with van der Waals surface area (Å²) in [7, 11) is 0. The molecular weight excluding hydrogens is 251 g/mol. The molecule has 2 heterocycles. The molecule has 2 N–H and O–H groups in total. The van der Waals surface area contributed by atoms with Gasteiger partial charge in [0.25, 0.3) is 5.95 Å². The van der Waals surface area contributed by atoms with E-state index < -0.39 is 0 Å². The first-order chi connectivity index (χ1) is 7.49.